The molecule has 4 atom stereocenters. The second-order valence-corrected chi connectivity index (χ2v) is 13.4. The Hall–Kier alpha value is -4.97. The van der Waals surface area contributed by atoms with Gasteiger partial charge in [0, 0.05) is 73.3 Å². The molecule has 0 aliphatic carbocycles. The molecule has 0 heterocycles. The van der Waals surface area contributed by atoms with E-state index in [1.807, 2.05) is 0 Å². The second-order valence-electron chi connectivity index (χ2n) is 13.4. The summed E-state index contributed by atoms with van der Waals surface area (Å²) in [7, 11) is 0. The van der Waals surface area contributed by atoms with E-state index in [0.717, 1.165) is 0 Å². The molecule has 0 aliphatic heterocycles. The first-order chi connectivity index (χ1) is 26.6. The Morgan fingerprint density at radius 3 is 1.29 bits per heavy atom. The lowest BCUT2D eigenvalue weighted by Gasteiger charge is -2.24. The Morgan fingerprint density at radius 1 is 0.429 bits per heavy atom. The summed E-state index contributed by atoms with van der Waals surface area (Å²) in [5.41, 5.74) is 0. The first-order valence-electron chi connectivity index (χ1n) is 19.7. The summed E-state index contributed by atoms with van der Waals surface area (Å²) in [6.45, 7) is 10.6. The molecular weight excluding hydrogens is 730 g/mol. The van der Waals surface area contributed by atoms with Crippen LogP contribution in [0.5, 0.6) is 0 Å². The Morgan fingerprint density at radius 2 is 0.839 bits per heavy atom. The largest absolute Gasteiger partial charge is 0.426 e. The number of likely N-dealkylation sites (N-methyl/N-ethyl adjacent to an activating group) is 1. The predicted octanol–water partition coefficient (Wildman–Crippen LogP) is 0.265. The monoisotopic (exact) mass is 798 g/mol. The van der Waals surface area contributed by atoms with Crippen LogP contribution >= 0.6 is 0 Å². The van der Waals surface area contributed by atoms with Crippen LogP contribution in [0.1, 0.15) is 125 Å². The predicted molar refractivity (Wildman–Crippen MR) is 208 cm³/mol. The molecule has 19 heteroatoms. The number of carbonyl (C=O) groups is 9. The molecule has 0 aromatic heterocycles. The number of amides is 9. The minimum Gasteiger partial charge on any atom is -0.426 e. The quantitative estimate of drug-likeness (QED) is 0.0354. The van der Waals surface area contributed by atoms with Crippen LogP contribution in [0.2, 0.25) is 0 Å². The average molecular weight is 798 g/mol. The highest BCUT2D eigenvalue weighted by molar-refractivity contribution is 5.88. The molecule has 0 aliphatic rings. The number of hydrogen-bond donors (Lipinski definition) is 9. The molecule has 19 nitrogen and oxygen atoms in total. The highest BCUT2D eigenvalue weighted by Crippen LogP contribution is 2.08. The van der Waals surface area contributed by atoms with Gasteiger partial charge in [-0.1, -0.05) is 6.92 Å². The van der Waals surface area contributed by atoms with Crippen molar-refractivity contribution in [3.8, 4) is 0 Å². The van der Waals surface area contributed by atoms with E-state index in [9.17, 15) is 43.2 Å². The number of ether oxygens (including phenoxy) is 1. The van der Waals surface area contributed by atoms with E-state index in [2.05, 4.69) is 47.9 Å². The molecule has 4 unspecified atom stereocenters. The molecule has 0 aromatic rings. The highest BCUT2D eigenvalue weighted by Gasteiger charge is 2.25. The third kappa shape index (κ3) is 27.6. The maximum atomic E-state index is 13.3. The number of rotatable bonds is 30. The van der Waals surface area contributed by atoms with Gasteiger partial charge in [-0.3, -0.25) is 38.4 Å². The smallest absolute Gasteiger partial charge is 0.409 e. The van der Waals surface area contributed by atoms with Crippen LogP contribution in [0.3, 0.4) is 0 Å². The Labute approximate surface area is 330 Å². The van der Waals surface area contributed by atoms with Gasteiger partial charge in [-0.25, -0.2) is 4.79 Å². The first kappa shape index (κ1) is 51.0. The summed E-state index contributed by atoms with van der Waals surface area (Å²) >= 11 is 0. The first-order valence-corrected chi connectivity index (χ1v) is 19.7. The van der Waals surface area contributed by atoms with Crippen LogP contribution in [0.25, 0.3) is 0 Å². The molecule has 0 aromatic carbocycles. The molecule has 0 saturated carbocycles. The van der Waals surface area contributed by atoms with Crippen molar-refractivity contribution >= 4 is 53.4 Å². The van der Waals surface area contributed by atoms with Crippen molar-refractivity contribution in [2.45, 2.75) is 149 Å². The number of carbonyl (C=O) groups excluding carboxylic acids is 9. The standard InChI is InChI=1S/C37H67N9O10/c1-7-32(51)45-30(34(52)38-8-2)18-11-15-24-42-37(55)56-33(46-36(54)31(44-28(6)50)19-10-14-22-40-26(4)48)20-12-16-23-41-35(53)29(43-27(5)49)17-9-13-21-39-25(3)47/h29-31,33H,7-24H2,1-6H3,(H,38,52)(H,39,47)(H,40,48)(H,41,53)(H,42,55)(H,43,49)(H,44,50)(H,45,51)(H,46,54). The summed E-state index contributed by atoms with van der Waals surface area (Å²) in [5, 5.41) is 24.2. The fraction of sp³-hybridized carbons (Fsp3) is 0.757. The summed E-state index contributed by atoms with van der Waals surface area (Å²) in [5.74, 6) is -2.55. The van der Waals surface area contributed by atoms with E-state index in [-0.39, 0.29) is 67.8 Å². The van der Waals surface area contributed by atoms with Gasteiger partial charge in [-0.15, -0.1) is 0 Å². The lowest BCUT2D eigenvalue weighted by Crippen LogP contribution is -2.51. The molecule has 0 saturated heterocycles. The van der Waals surface area contributed by atoms with Gasteiger partial charge < -0.3 is 52.6 Å². The van der Waals surface area contributed by atoms with E-state index < -0.39 is 42.3 Å². The zero-order valence-electron chi connectivity index (χ0n) is 34.1. The zero-order valence-corrected chi connectivity index (χ0v) is 34.1. The van der Waals surface area contributed by atoms with Crippen molar-refractivity contribution in [1.29, 1.82) is 0 Å². The summed E-state index contributed by atoms with van der Waals surface area (Å²) in [4.78, 5) is 109. The Kier molecular flexibility index (Phi) is 28.5. The van der Waals surface area contributed by atoms with Gasteiger partial charge in [-0.2, -0.15) is 0 Å². The maximum Gasteiger partial charge on any atom is 0.409 e. The third-order valence-corrected chi connectivity index (χ3v) is 8.23. The molecule has 9 amide bonds. The van der Waals surface area contributed by atoms with Gasteiger partial charge in [0.1, 0.15) is 18.1 Å². The van der Waals surface area contributed by atoms with E-state index in [1.165, 1.54) is 27.7 Å². The highest BCUT2D eigenvalue weighted by atomic mass is 16.6. The number of unbranched alkanes of at least 4 members (excludes halogenated alkanes) is 4. The van der Waals surface area contributed by atoms with Crippen molar-refractivity contribution in [3.05, 3.63) is 0 Å². The second kappa shape index (κ2) is 31.3. The summed E-state index contributed by atoms with van der Waals surface area (Å²) in [6.07, 6.45) is 3.71. The van der Waals surface area contributed by atoms with Gasteiger partial charge in [-0.05, 0) is 77.6 Å². The van der Waals surface area contributed by atoms with E-state index in [4.69, 9.17) is 4.74 Å². The SMILES string of the molecule is CCNC(=O)C(CCCCNC(=O)OC(CCCCNC(=O)C(CCCCNC(C)=O)NC(C)=O)NC(=O)C(CCCCNC(C)=O)NC(C)=O)NC(=O)CC. The minimum absolute atomic E-state index is 0.146. The molecule has 0 bridgehead atoms. The number of nitrogens with one attached hydrogen (secondary N) is 9. The summed E-state index contributed by atoms with van der Waals surface area (Å²) in [6, 6.07) is -2.37. The fourth-order valence-corrected chi connectivity index (χ4v) is 5.41. The molecule has 0 fully saturated rings. The molecule has 0 rings (SSSR count). The van der Waals surface area contributed by atoms with Crippen LogP contribution in [0, 0.1) is 0 Å². The third-order valence-electron chi connectivity index (χ3n) is 8.23. The van der Waals surface area contributed by atoms with Gasteiger partial charge in [0.2, 0.25) is 47.3 Å². The van der Waals surface area contributed by atoms with Crippen LogP contribution in [0.4, 0.5) is 4.79 Å². The topological polar surface area (TPSA) is 271 Å². The zero-order chi connectivity index (χ0) is 42.3. The fourth-order valence-electron chi connectivity index (χ4n) is 5.41. The van der Waals surface area contributed by atoms with Gasteiger partial charge in [0.25, 0.3) is 0 Å². The van der Waals surface area contributed by atoms with Gasteiger partial charge >= 0.3 is 6.09 Å². The average Bonchev–Trinajstić information content (AvgIpc) is 3.11. The Bertz CT molecular complexity index is 1270. The van der Waals surface area contributed by atoms with Crippen LogP contribution < -0.4 is 47.9 Å². The van der Waals surface area contributed by atoms with Gasteiger partial charge in [0.15, 0.2) is 6.23 Å². The molecule has 0 radical (unpaired) electrons. The van der Waals surface area contributed by atoms with Gasteiger partial charge in [0.05, 0.1) is 0 Å². The van der Waals surface area contributed by atoms with Crippen LogP contribution in [-0.2, 0) is 43.1 Å². The molecule has 320 valence electrons. The molecular formula is C37H67N9O10. The van der Waals surface area contributed by atoms with E-state index in [1.54, 1.807) is 13.8 Å². The van der Waals surface area contributed by atoms with E-state index >= 15 is 0 Å². The van der Waals surface area contributed by atoms with Crippen LogP contribution in [0.15, 0.2) is 0 Å². The van der Waals surface area contributed by atoms with Crippen molar-refractivity contribution in [2.75, 3.05) is 32.7 Å². The number of hydrogen-bond acceptors (Lipinski definition) is 10. The lowest BCUT2D eigenvalue weighted by atomic mass is 10.1. The van der Waals surface area contributed by atoms with Crippen LogP contribution in [-0.4, -0.2) is 110 Å². The normalized spacial score (nSPS) is 12.7. The molecule has 9 N–H and O–H groups in total. The minimum atomic E-state index is -1.09. The summed E-state index contributed by atoms with van der Waals surface area (Å²) < 4.78 is 5.57. The lowest BCUT2D eigenvalue weighted by molar-refractivity contribution is -0.130. The maximum absolute atomic E-state index is 13.3. The number of alkyl carbamates (subject to hydrolysis) is 1. The van der Waals surface area contributed by atoms with Crippen molar-refractivity contribution in [1.82, 2.24) is 47.9 Å². The van der Waals surface area contributed by atoms with E-state index in [0.29, 0.717) is 83.8 Å². The van der Waals surface area contributed by atoms with Crippen molar-refractivity contribution in [2.24, 2.45) is 0 Å². The molecule has 56 heavy (non-hydrogen) atoms. The molecule has 0 spiro atoms. The van der Waals surface area contributed by atoms with Crippen molar-refractivity contribution < 1.29 is 47.9 Å². The van der Waals surface area contributed by atoms with Crippen molar-refractivity contribution in [3.63, 3.8) is 0 Å². The Balaban J connectivity index is 5.37.